The fourth-order valence-electron chi connectivity index (χ4n) is 1.51. The zero-order chi connectivity index (χ0) is 11.6. The topological polar surface area (TPSA) is 29.1 Å². The van der Waals surface area contributed by atoms with E-state index in [-0.39, 0.29) is 11.3 Å². The number of halogens is 2. The summed E-state index contributed by atoms with van der Waals surface area (Å²) in [6.45, 7) is 0.696. The molecule has 1 N–H and O–H groups in total. The lowest BCUT2D eigenvalue weighted by atomic mass is 10.1. The summed E-state index contributed by atoms with van der Waals surface area (Å²) in [5.41, 5.74) is 0.895. The predicted octanol–water partition coefficient (Wildman–Crippen LogP) is 3.04. The summed E-state index contributed by atoms with van der Waals surface area (Å²) in [6.07, 6.45) is 2.26. The van der Waals surface area contributed by atoms with E-state index < -0.39 is 0 Å². The fraction of sp³-hybridized carbons (Fsp3) is 0.417. The minimum Gasteiger partial charge on any atom is -0.351 e. The molecule has 86 valence electrons. The van der Waals surface area contributed by atoms with Crippen molar-refractivity contribution in [2.45, 2.75) is 12.8 Å². The van der Waals surface area contributed by atoms with E-state index in [0.717, 1.165) is 16.4 Å². The van der Waals surface area contributed by atoms with Gasteiger partial charge in [-0.3, -0.25) is 4.79 Å². The van der Waals surface area contributed by atoms with Gasteiger partial charge >= 0.3 is 0 Å². The van der Waals surface area contributed by atoms with E-state index in [1.54, 1.807) is 0 Å². The van der Waals surface area contributed by atoms with Gasteiger partial charge in [-0.25, -0.2) is 0 Å². The van der Waals surface area contributed by atoms with Crippen molar-refractivity contribution in [3.8, 4) is 0 Å². The largest absolute Gasteiger partial charge is 0.351 e. The van der Waals surface area contributed by atoms with Gasteiger partial charge in [0.2, 0.25) is 0 Å². The third kappa shape index (κ3) is 2.88. The standard InChI is InChI=1S/C12H13ClINO/c13-7-12(5-6-12)8-15-11(16)9-1-3-10(14)4-2-9/h1-4H,5-8H2,(H,15,16). The van der Waals surface area contributed by atoms with Gasteiger partial charge in [-0.1, -0.05) is 0 Å². The first-order chi connectivity index (χ1) is 7.65. The Kier molecular flexibility index (Phi) is 3.74. The van der Waals surface area contributed by atoms with E-state index in [1.165, 1.54) is 0 Å². The number of hydrogen-bond acceptors (Lipinski definition) is 1. The van der Waals surface area contributed by atoms with E-state index in [0.29, 0.717) is 18.0 Å². The zero-order valence-electron chi connectivity index (χ0n) is 8.80. The molecule has 0 aliphatic heterocycles. The number of hydrogen-bond donors (Lipinski definition) is 1. The molecule has 1 aliphatic rings. The number of alkyl halides is 1. The maximum Gasteiger partial charge on any atom is 0.251 e. The third-order valence-corrected chi connectivity index (χ3v) is 4.26. The highest BCUT2D eigenvalue weighted by molar-refractivity contribution is 14.1. The molecule has 16 heavy (non-hydrogen) atoms. The minimum atomic E-state index is -0.00667. The van der Waals surface area contributed by atoms with Crippen LogP contribution in [0.15, 0.2) is 24.3 Å². The van der Waals surface area contributed by atoms with Crippen LogP contribution >= 0.6 is 34.2 Å². The zero-order valence-corrected chi connectivity index (χ0v) is 11.7. The molecule has 0 radical (unpaired) electrons. The van der Waals surface area contributed by atoms with Crippen LogP contribution in [0.4, 0.5) is 0 Å². The molecule has 2 rings (SSSR count). The second kappa shape index (κ2) is 4.92. The Morgan fingerprint density at radius 1 is 1.38 bits per heavy atom. The lowest BCUT2D eigenvalue weighted by Crippen LogP contribution is -2.30. The molecule has 1 amide bonds. The van der Waals surface area contributed by atoms with Crippen molar-refractivity contribution in [1.82, 2.24) is 5.32 Å². The normalized spacial score (nSPS) is 16.9. The number of nitrogens with one attached hydrogen (secondary N) is 1. The van der Waals surface area contributed by atoms with Crippen LogP contribution < -0.4 is 5.32 Å². The first-order valence-corrected chi connectivity index (χ1v) is 6.86. The van der Waals surface area contributed by atoms with Gasteiger partial charge in [0, 0.05) is 27.0 Å². The van der Waals surface area contributed by atoms with Crippen LogP contribution in [0.3, 0.4) is 0 Å². The number of amides is 1. The van der Waals surface area contributed by atoms with Crippen LogP contribution in [-0.2, 0) is 0 Å². The fourth-order valence-corrected chi connectivity index (χ4v) is 2.23. The first kappa shape index (κ1) is 12.2. The third-order valence-electron chi connectivity index (χ3n) is 2.97. The highest BCUT2D eigenvalue weighted by Gasteiger charge is 2.41. The maximum absolute atomic E-state index is 11.8. The molecule has 2 nitrogen and oxygen atoms in total. The Hall–Kier alpha value is -0.290. The summed E-state index contributed by atoms with van der Waals surface area (Å²) in [7, 11) is 0. The molecule has 1 saturated carbocycles. The van der Waals surface area contributed by atoms with Gasteiger partial charge in [-0.15, -0.1) is 11.6 Å². The molecular weight excluding hydrogens is 336 g/mol. The molecule has 0 unspecified atom stereocenters. The molecule has 1 fully saturated rings. The second-order valence-electron chi connectivity index (χ2n) is 4.32. The quantitative estimate of drug-likeness (QED) is 0.657. The molecule has 0 atom stereocenters. The van der Waals surface area contributed by atoms with E-state index in [1.807, 2.05) is 24.3 Å². The van der Waals surface area contributed by atoms with E-state index >= 15 is 0 Å². The molecular formula is C12H13ClINO. The van der Waals surface area contributed by atoms with E-state index in [4.69, 9.17) is 11.6 Å². The Labute approximate surface area is 114 Å². The van der Waals surface area contributed by atoms with Crippen molar-refractivity contribution >= 4 is 40.1 Å². The molecule has 1 aromatic carbocycles. The van der Waals surface area contributed by atoms with Gasteiger partial charge < -0.3 is 5.32 Å². The van der Waals surface area contributed by atoms with Gasteiger partial charge in [0.25, 0.3) is 5.91 Å². The lowest BCUT2D eigenvalue weighted by molar-refractivity contribution is 0.0946. The number of benzene rings is 1. The first-order valence-electron chi connectivity index (χ1n) is 5.25. The maximum atomic E-state index is 11.8. The Morgan fingerprint density at radius 2 is 2.00 bits per heavy atom. The summed E-state index contributed by atoms with van der Waals surface area (Å²) in [5, 5.41) is 2.95. The Bertz CT molecular complexity index is 387. The van der Waals surface area contributed by atoms with Gasteiger partial charge in [0.15, 0.2) is 0 Å². The number of rotatable bonds is 4. The van der Waals surface area contributed by atoms with E-state index in [2.05, 4.69) is 27.9 Å². The molecule has 1 aromatic rings. The predicted molar refractivity (Wildman–Crippen MR) is 73.9 cm³/mol. The molecule has 0 aromatic heterocycles. The van der Waals surface area contributed by atoms with Crippen molar-refractivity contribution in [2.75, 3.05) is 12.4 Å². The highest BCUT2D eigenvalue weighted by atomic mass is 127. The summed E-state index contributed by atoms with van der Waals surface area (Å²) >= 11 is 8.07. The van der Waals surface area contributed by atoms with Crippen LogP contribution in [0.2, 0.25) is 0 Å². The average molecular weight is 350 g/mol. The van der Waals surface area contributed by atoms with Gasteiger partial charge in [0.05, 0.1) is 0 Å². The van der Waals surface area contributed by atoms with Crippen molar-refractivity contribution in [2.24, 2.45) is 5.41 Å². The molecule has 1 aliphatic carbocycles. The Balaban J connectivity index is 1.91. The van der Waals surface area contributed by atoms with Crippen molar-refractivity contribution in [3.63, 3.8) is 0 Å². The lowest BCUT2D eigenvalue weighted by Gasteiger charge is -2.12. The monoisotopic (exact) mass is 349 g/mol. The van der Waals surface area contributed by atoms with Gasteiger partial charge in [-0.2, -0.15) is 0 Å². The van der Waals surface area contributed by atoms with Crippen LogP contribution in [0, 0.1) is 8.99 Å². The van der Waals surface area contributed by atoms with Crippen LogP contribution in [0.25, 0.3) is 0 Å². The molecule has 0 saturated heterocycles. The van der Waals surface area contributed by atoms with Crippen LogP contribution in [0.1, 0.15) is 23.2 Å². The van der Waals surface area contributed by atoms with Crippen molar-refractivity contribution < 1.29 is 4.79 Å². The van der Waals surface area contributed by atoms with Gasteiger partial charge in [-0.05, 0) is 59.7 Å². The smallest absolute Gasteiger partial charge is 0.251 e. The summed E-state index contributed by atoms with van der Waals surface area (Å²) < 4.78 is 1.13. The summed E-state index contributed by atoms with van der Waals surface area (Å²) in [5.74, 6) is 0.632. The molecule has 0 bridgehead atoms. The number of carbonyl (C=O) groups is 1. The van der Waals surface area contributed by atoms with Crippen molar-refractivity contribution in [3.05, 3.63) is 33.4 Å². The van der Waals surface area contributed by atoms with Crippen molar-refractivity contribution in [1.29, 1.82) is 0 Å². The van der Waals surface area contributed by atoms with Crippen LogP contribution in [0.5, 0.6) is 0 Å². The minimum absolute atomic E-state index is 0.00667. The van der Waals surface area contributed by atoms with Crippen LogP contribution in [-0.4, -0.2) is 18.3 Å². The molecule has 0 spiro atoms. The molecule has 4 heteroatoms. The van der Waals surface area contributed by atoms with Gasteiger partial charge in [0.1, 0.15) is 0 Å². The summed E-state index contributed by atoms with van der Waals surface area (Å²) in [6, 6.07) is 7.56. The SMILES string of the molecule is O=C(NCC1(CCl)CC1)c1ccc(I)cc1. The highest BCUT2D eigenvalue weighted by Crippen LogP contribution is 2.45. The second-order valence-corrected chi connectivity index (χ2v) is 5.84. The number of carbonyl (C=O) groups excluding carboxylic acids is 1. The average Bonchev–Trinajstić information content (AvgIpc) is 3.08. The molecule has 0 heterocycles. The summed E-state index contributed by atoms with van der Waals surface area (Å²) in [4.78, 5) is 11.8. The Morgan fingerprint density at radius 3 is 2.50 bits per heavy atom. The van der Waals surface area contributed by atoms with E-state index in [9.17, 15) is 4.79 Å².